The highest BCUT2D eigenvalue weighted by Crippen LogP contribution is 2.62. The fraction of sp³-hybridized carbons (Fsp3) is 0.656. The van der Waals surface area contributed by atoms with Crippen LogP contribution in [0, 0.1) is 47.3 Å². The zero-order chi connectivity index (χ0) is 30.2. The first-order valence-electron chi connectivity index (χ1n) is 15.2. The molecule has 42 heavy (non-hydrogen) atoms. The van der Waals surface area contributed by atoms with Crippen molar-refractivity contribution in [3.8, 4) is 5.75 Å². The maximum absolute atomic E-state index is 14.2. The molecule has 0 saturated heterocycles. The number of ketones is 4. The molecule has 0 heterocycles. The van der Waals surface area contributed by atoms with E-state index in [-0.39, 0.29) is 17.2 Å². The fourth-order valence-corrected chi connectivity index (χ4v) is 10.7. The Kier molecular flexibility index (Phi) is 5.99. The molecular weight excluding hydrogens is 540 g/mol. The lowest BCUT2D eigenvalue weighted by atomic mass is 9.49. The summed E-state index contributed by atoms with van der Waals surface area (Å²) in [5.74, 6) is -10.3. The molecule has 5 N–H and O–H groups in total. The molecule has 2 unspecified atom stereocenters. The summed E-state index contributed by atoms with van der Waals surface area (Å²) in [6, 6.07) is 2.34. The van der Waals surface area contributed by atoms with Crippen LogP contribution in [0.5, 0.6) is 5.75 Å². The first-order chi connectivity index (χ1) is 19.8. The van der Waals surface area contributed by atoms with Crippen molar-refractivity contribution < 1.29 is 39.3 Å². The molecule has 0 radical (unpaired) electrons. The third kappa shape index (κ3) is 3.34. The van der Waals surface area contributed by atoms with Crippen LogP contribution >= 0.6 is 0 Å². The molecule has 7 aliphatic carbocycles. The highest BCUT2D eigenvalue weighted by atomic mass is 16.3. The standard InChI is InChI=1S/C32H38N2O8/c1-11-16-4-5-17(19-14-7-12-6-13(9-14)10-15(19)8-12)25(35)20(16)26(36)21-18(11)27(37)23-24(34(2)3)28(38)22(31(33)41)30(40)32(23,42)29(21)39/h4-5,11-15,18-19,21-24,27,35,37,42H,6-10H2,1-3H3,(H2,33,41)/t11-,12?,13?,14?,15?,18+,19?,21?,22?,23+,24-,27-,32-/m0/s1. The summed E-state index contributed by atoms with van der Waals surface area (Å²) in [7, 11) is 2.96. The van der Waals surface area contributed by atoms with Gasteiger partial charge in [-0.3, -0.25) is 28.9 Å². The van der Waals surface area contributed by atoms with E-state index in [0.717, 1.165) is 37.5 Å². The molecule has 10 nitrogen and oxygen atoms in total. The lowest BCUT2D eigenvalue weighted by Gasteiger charge is -2.56. The topological polar surface area (TPSA) is 175 Å². The molecule has 1 aromatic rings. The van der Waals surface area contributed by atoms with Crippen LogP contribution < -0.4 is 5.73 Å². The first kappa shape index (κ1) is 27.9. The van der Waals surface area contributed by atoms with Gasteiger partial charge in [-0.2, -0.15) is 0 Å². The van der Waals surface area contributed by atoms with E-state index in [2.05, 4.69) is 0 Å². The first-order valence-corrected chi connectivity index (χ1v) is 15.2. The Morgan fingerprint density at radius 1 is 0.952 bits per heavy atom. The smallest absolute Gasteiger partial charge is 0.235 e. The number of Topliss-reactive ketones (excluding diaryl/α,β-unsaturated/α-hetero) is 4. The van der Waals surface area contributed by atoms with Gasteiger partial charge in [0.2, 0.25) is 5.91 Å². The predicted octanol–water partition coefficient (Wildman–Crippen LogP) is 0.939. The number of fused-ring (bicyclic) bond motifs is 3. The van der Waals surface area contributed by atoms with Crippen molar-refractivity contribution in [2.75, 3.05) is 14.1 Å². The summed E-state index contributed by atoms with van der Waals surface area (Å²) in [6.07, 6.45) is 4.09. The average Bonchev–Trinajstić information content (AvgIpc) is 2.90. The van der Waals surface area contributed by atoms with Crippen LogP contribution in [-0.2, 0) is 19.2 Å². The van der Waals surface area contributed by atoms with E-state index in [1.165, 1.54) is 25.4 Å². The maximum atomic E-state index is 14.2. The van der Waals surface area contributed by atoms with Crippen molar-refractivity contribution in [1.29, 1.82) is 0 Å². The normalized spacial score (nSPS) is 45.6. The molecular formula is C32H38N2O8. The fourth-order valence-electron chi connectivity index (χ4n) is 10.7. The number of hydrogen-bond acceptors (Lipinski definition) is 9. The van der Waals surface area contributed by atoms with E-state index in [4.69, 9.17) is 5.73 Å². The molecule has 6 saturated carbocycles. The predicted molar refractivity (Wildman–Crippen MR) is 147 cm³/mol. The number of nitrogens with two attached hydrogens (primary N) is 1. The van der Waals surface area contributed by atoms with Crippen LogP contribution in [0.15, 0.2) is 12.1 Å². The van der Waals surface area contributed by atoms with Crippen LogP contribution in [0.4, 0.5) is 0 Å². The number of carbonyl (C=O) groups is 5. The van der Waals surface area contributed by atoms with Gasteiger partial charge in [0.05, 0.1) is 29.5 Å². The molecule has 6 fully saturated rings. The zero-order valence-electron chi connectivity index (χ0n) is 24.0. The van der Waals surface area contributed by atoms with Gasteiger partial charge >= 0.3 is 0 Å². The number of phenolic OH excluding ortho intramolecular Hbond substituents is 1. The Labute approximate surface area is 243 Å². The lowest BCUT2D eigenvalue weighted by Crippen LogP contribution is -2.77. The molecule has 224 valence electrons. The molecule has 4 bridgehead atoms. The van der Waals surface area contributed by atoms with Gasteiger partial charge in [-0.1, -0.05) is 19.1 Å². The molecule has 0 spiro atoms. The quantitative estimate of drug-likeness (QED) is 0.380. The van der Waals surface area contributed by atoms with Crippen molar-refractivity contribution in [3.05, 3.63) is 28.8 Å². The van der Waals surface area contributed by atoms with Gasteiger partial charge in [-0.25, -0.2) is 0 Å². The highest BCUT2D eigenvalue weighted by molar-refractivity contribution is 6.32. The molecule has 8 rings (SSSR count). The molecule has 10 heteroatoms. The van der Waals surface area contributed by atoms with E-state index in [1.807, 2.05) is 12.1 Å². The molecule has 0 aromatic heterocycles. The molecule has 1 aromatic carbocycles. The number of rotatable bonds is 3. The molecule has 7 aliphatic rings. The number of nitrogens with zero attached hydrogens (tertiary/aromatic N) is 1. The Hall–Kier alpha value is -2.95. The molecule has 0 aliphatic heterocycles. The summed E-state index contributed by atoms with van der Waals surface area (Å²) >= 11 is 0. The number of phenols is 1. The van der Waals surface area contributed by atoms with Gasteiger partial charge in [0, 0.05) is 5.92 Å². The van der Waals surface area contributed by atoms with Crippen LogP contribution in [-0.4, -0.2) is 81.1 Å². The van der Waals surface area contributed by atoms with Crippen molar-refractivity contribution in [1.82, 2.24) is 4.90 Å². The Morgan fingerprint density at radius 3 is 2.07 bits per heavy atom. The van der Waals surface area contributed by atoms with Crippen molar-refractivity contribution >= 4 is 29.0 Å². The van der Waals surface area contributed by atoms with E-state index < -0.39 is 76.4 Å². The number of likely N-dealkylation sites (N-methyl/N-ethyl adjacent to an activating group) is 1. The van der Waals surface area contributed by atoms with Gasteiger partial charge in [0.1, 0.15) is 5.75 Å². The number of aliphatic hydroxyl groups excluding tert-OH is 1. The minimum atomic E-state index is -2.98. The summed E-state index contributed by atoms with van der Waals surface area (Å²) in [5.41, 5.74) is 3.62. The average molecular weight is 579 g/mol. The number of carbonyl (C=O) groups excluding carboxylic acids is 5. The number of benzene rings is 1. The van der Waals surface area contributed by atoms with Gasteiger partial charge in [0.25, 0.3) is 0 Å². The second-order valence-corrected chi connectivity index (χ2v) is 14.3. The Balaban J connectivity index is 1.34. The van der Waals surface area contributed by atoms with Crippen LogP contribution in [0.3, 0.4) is 0 Å². The van der Waals surface area contributed by atoms with Gasteiger partial charge in [0.15, 0.2) is 34.7 Å². The van der Waals surface area contributed by atoms with Crippen LogP contribution in [0.25, 0.3) is 0 Å². The van der Waals surface area contributed by atoms with Crippen molar-refractivity contribution in [2.45, 2.75) is 68.6 Å². The number of aromatic hydroxyl groups is 1. The number of amides is 1. The Morgan fingerprint density at radius 2 is 1.52 bits per heavy atom. The van der Waals surface area contributed by atoms with Crippen LogP contribution in [0.1, 0.15) is 72.3 Å². The van der Waals surface area contributed by atoms with Gasteiger partial charge in [-0.05, 0) is 92.8 Å². The van der Waals surface area contributed by atoms with Crippen LogP contribution in [0.2, 0.25) is 0 Å². The van der Waals surface area contributed by atoms with Crippen molar-refractivity contribution in [3.63, 3.8) is 0 Å². The monoisotopic (exact) mass is 578 g/mol. The second kappa shape index (κ2) is 9.03. The highest BCUT2D eigenvalue weighted by Gasteiger charge is 2.73. The maximum Gasteiger partial charge on any atom is 0.235 e. The van der Waals surface area contributed by atoms with E-state index in [1.54, 1.807) is 6.92 Å². The largest absolute Gasteiger partial charge is 0.507 e. The van der Waals surface area contributed by atoms with Gasteiger partial charge in [-0.15, -0.1) is 0 Å². The SMILES string of the molecule is C[C@H]1c2ccc(C3C4CC5CC(C4)CC3C5)c(O)c2C(=O)C2C(=O)[C@]3(O)C(=O)C(C(N)=O)C(=O)[C@@H](N(C)C)[C@@H]3[C@@H](O)[C@@H]21. The number of hydrogen-bond donors (Lipinski definition) is 4. The zero-order valence-corrected chi connectivity index (χ0v) is 24.0. The van der Waals surface area contributed by atoms with E-state index in [0.29, 0.717) is 23.0 Å². The number of primary amides is 1. The van der Waals surface area contributed by atoms with Crippen molar-refractivity contribution in [2.24, 2.45) is 53.1 Å². The second-order valence-electron chi connectivity index (χ2n) is 14.3. The number of aliphatic hydroxyl groups is 2. The molecule has 1 amide bonds. The van der Waals surface area contributed by atoms with Gasteiger partial charge < -0.3 is 21.1 Å². The minimum Gasteiger partial charge on any atom is -0.507 e. The summed E-state index contributed by atoms with van der Waals surface area (Å²) in [4.78, 5) is 68.9. The Bertz CT molecular complexity index is 1420. The minimum absolute atomic E-state index is 0.00704. The summed E-state index contributed by atoms with van der Waals surface area (Å²) in [6.45, 7) is 1.75. The van der Waals surface area contributed by atoms with E-state index >= 15 is 0 Å². The lowest BCUT2D eigenvalue weighted by molar-refractivity contribution is -0.196. The summed E-state index contributed by atoms with van der Waals surface area (Å²) in [5, 5.41) is 35.3. The third-order valence-corrected chi connectivity index (χ3v) is 12.1. The third-order valence-electron chi connectivity index (χ3n) is 12.1. The van der Waals surface area contributed by atoms with E-state index in [9.17, 15) is 39.3 Å². The molecule has 8 atom stereocenters. The summed E-state index contributed by atoms with van der Waals surface area (Å²) < 4.78 is 0.